The van der Waals surface area contributed by atoms with E-state index in [0.29, 0.717) is 41.2 Å². The van der Waals surface area contributed by atoms with Crippen LogP contribution in [0.3, 0.4) is 0 Å². The monoisotopic (exact) mass is 504 g/mol. The summed E-state index contributed by atoms with van der Waals surface area (Å²) in [5.74, 6) is -0.565. The lowest BCUT2D eigenvalue weighted by Gasteiger charge is -2.31. The number of aliphatic hydroxyl groups is 1. The van der Waals surface area contributed by atoms with Crippen LogP contribution in [0.2, 0.25) is 5.02 Å². The zero-order chi connectivity index (χ0) is 24.5. The predicted octanol–water partition coefficient (Wildman–Crippen LogP) is 4.81. The van der Waals surface area contributed by atoms with Gasteiger partial charge in [0.1, 0.15) is 5.57 Å². The average Bonchev–Trinajstić information content (AvgIpc) is 3.03. The molecule has 0 radical (unpaired) electrons. The summed E-state index contributed by atoms with van der Waals surface area (Å²) >= 11 is 6.64. The number of hydrogen-bond acceptors (Lipinski definition) is 6. The molecule has 1 spiro atoms. The van der Waals surface area contributed by atoms with E-state index in [2.05, 4.69) is 10.0 Å². The maximum Gasteiger partial charge on any atom is 0.343 e. The van der Waals surface area contributed by atoms with E-state index < -0.39 is 21.6 Å². The van der Waals surface area contributed by atoms with Crippen LogP contribution in [0.4, 0.5) is 5.69 Å². The Hall–Kier alpha value is -2.55. The minimum absolute atomic E-state index is 0.00193. The van der Waals surface area contributed by atoms with E-state index in [1.54, 1.807) is 31.3 Å². The fraction of sp³-hybridized carbons (Fsp3) is 0.400. The molecule has 0 aromatic heterocycles. The summed E-state index contributed by atoms with van der Waals surface area (Å²) < 4.78 is 32.8. The molecule has 4 rings (SSSR count). The Morgan fingerprint density at radius 2 is 1.85 bits per heavy atom. The maximum atomic E-state index is 12.8. The molecule has 9 heteroatoms. The fourth-order valence-corrected chi connectivity index (χ4v) is 6.02. The van der Waals surface area contributed by atoms with Crippen LogP contribution in [0.1, 0.15) is 43.2 Å². The summed E-state index contributed by atoms with van der Waals surface area (Å²) in [5.41, 5.74) is 2.42. The van der Waals surface area contributed by atoms with Crippen LogP contribution in [-0.4, -0.2) is 44.4 Å². The van der Waals surface area contributed by atoms with Crippen LogP contribution in [-0.2, 0) is 19.6 Å². The van der Waals surface area contributed by atoms with Crippen LogP contribution in [0.25, 0.3) is 16.7 Å². The summed E-state index contributed by atoms with van der Waals surface area (Å²) in [6.07, 6.45) is 4.11. The molecule has 0 atom stereocenters. The van der Waals surface area contributed by atoms with E-state index in [-0.39, 0.29) is 17.1 Å². The Bertz CT molecular complexity index is 1250. The number of hydrogen-bond donors (Lipinski definition) is 3. The van der Waals surface area contributed by atoms with Crippen molar-refractivity contribution in [3.63, 3.8) is 0 Å². The zero-order valence-corrected chi connectivity index (χ0v) is 20.9. The third kappa shape index (κ3) is 4.80. The van der Waals surface area contributed by atoms with Crippen LogP contribution in [0.5, 0.6) is 0 Å². The second kappa shape index (κ2) is 9.60. The van der Waals surface area contributed by atoms with E-state index in [9.17, 15) is 18.3 Å². The SMILES string of the molecule is CNCCS(=O)(=O)Nc1cccc(-c2cc(C)c(C3=C(O)C4(CCCCC4)OC3=O)cc2Cl)c1. The number of rotatable bonds is 7. The highest BCUT2D eigenvalue weighted by Crippen LogP contribution is 2.46. The van der Waals surface area contributed by atoms with Gasteiger partial charge in [-0.1, -0.05) is 30.2 Å². The molecule has 1 aliphatic heterocycles. The first-order chi connectivity index (χ1) is 16.2. The van der Waals surface area contributed by atoms with Gasteiger partial charge in [0.05, 0.1) is 5.75 Å². The largest absolute Gasteiger partial charge is 0.507 e. The van der Waals surface area contributed by atoms with Gasteiger partial charge in [-0.25, -0.2) is 13.2 Å². The first-order valence-electron chi connectivity index (χ1n) is 11.4. The number of sulfonamides is 1. The van der Waals surface area contributed by atoms with Crippen LogP contribution >= 0.6 is 11.6 Å². The summed E-state index contributed by atoms with van der Waals surface area (Å²) in [4.78, 5) is 12.8. The van der Waals surface area contributed by atoms with Crippen molar-refractivity contribution >= 4 is 38.9 Å². The van der Waals surface area contributed by atoms with Gasteiger partial charge in [-0.3, -0.25) is 4.72 Å². The van der Waals surface area contributed by atoms with Crippen LogP contribution < -0.4 is 10.0 Å². The van der Waals surface area contributed by atoms with Crippen LogP contribution in [0, 0.1) is 6.92 Å². The van der Waals surface area contributed by atoms with E-state index in [1.807, 2.05) is 19.1 Å². The van der Waals surface area contributed by atoms with E-state index in [4.69, 9.17) is 16.3 Å². The summed E-state index contributed by atoms with van der Waals surface area (Å²) in [7, 11) is -1.79. The van der Waals surface area contributed by atoms with Crippen molar-refractivity contribution in [3.8, 4) is 11.1 Å². The molecular weight excluding hydrogens is 476 g/mol. The molecule has 1 fully saturated rings. The molecule has 3 N–H and O–H groups in total. The summed E-state index contributed by atoms with van der Waals surface area (Å²) in [6.45, 7) is 2.19. The van der Waals surface area contributed by atoms with E-state index in [0.717, 1.165) is 30.4 Å². The summed E-state index contributed by atoms with van der Waals surface area (Å²) in [5, 5.41) is 14.2. The topological polar surface area (TPSA) is 105 Å². The lowest BCUT2D eigenvalue weighted by atomic mass is 9.82. The minimum atomic E-state index is -3.49. The molecule has 0 saturated heterocycles. The third-order valence-corrected chi connectivity index (χ3v) is 8.07. The van der Waals surface area contributed by atoms with Gasteiger partial charge >= 0.3 is 5.97 Å². The Labute approximate surface area is 205 Å². The molecule has 0 bridgehead atoms. The molecule has 2 aromatic rings. The van der Waals surface area contributed by atoms with Crippen molar-refractivity contribution in [2.75, 3.05) is 24.1 Å². The zero-order valence-electron chi connectivity index (χ0n) is 19.3. The van der Waals surface area contributed by atoms with Gasteiger partial charge in [-0.15, -0.1) is 0 Å². The number of halogens is 1. The molecule has 2 aliphatic rings. The van der Waals surface area contributed by atoms with Gasteiger partial charge in [0, 0.05) is 22.8 Å². The lowest BCUT2D eigenvalue weighted by Crippen LogP contribution is -2.34. The second-order valence-corrected chi connectivity index (χ2v) is 11.2. The third-order valence-electron chi connectivity index (χ3n) is 6.47. The lowest BCUT2D eigenvalue weighted by molar-refractivity contribution is -0.149. The maximum absolute atomic E-state index is 12.8. The van der Waals surface area contributed by atoms with Gasteiger partial charge in [0.25, 0.3) is 0 Å². The van der Waals surface area contributed by atoms with Crippen molar-refractivity contribution in [2.45, 2.75) is 44.6 Å². The number of carbonyl (C=O) groups excluding carboxylic acids is 1. The van der Waals surface area contributed by atoms with Gasteiger partial charge in [-0.2, -0.15) is 0 Å². The van der Waals surface area contributed by atoms with E-state index in [1.165, 1.54) is 0 Å². The van der Waals surface area contributed by atoms with Gasteiger partial charge in [0.2, 0.25) is 10.0 Å². The summed E-state index contributed by atoms with van der Waals surface area (Å²) in [6, 6.07) is 10.5. The van der Waals surface area contributed by atoms with E-state index >= 15 is 0 Å². The highest BCUT2D eigenvalue weighted by molar-refractivity contribution is 7.92. The second-order valence-electron chi connectivity index (χ2n) is 8.92. The smallest absolute Gasteiger partial charge is 0.343 e. The van der Waals surface area contributed by atoms with Crippen molar-refractivity contribution in [2.24, 2.45) is 0 Å². The molecule has 0 unspecified atom stereocenters. The molecule has 7 nitrogen and oxygen atoms in total. The molecule has 1 heterocycles. The molecule has 34 heavy (non-hydrogen) atoms. The van der Waals surface area contributed by atoms with Crippen molar-refractivity contribution in [1.29, 1.82) is 0 Å². The number of aliphatic hydroxyl groups excluding tert-OH is 1. The minimum Gasteiger partial charge on any atom is -0.507 e. The Kier molecular flexibility index (Phi) is 6.94. The van der Waals surface area contributed by atoms with Crippen molar-refractivity contribution in [1.82, 2.24) is 5.32 Å². The van der Waals surface area contributed by atoms with Crippen molar-refractivity contribution in [3.05, 3.63) is 58.3 Å². The standard InChI is InChI=1S/C25H29ClN2O5S/c1-16-13-20(17-7-6-8-18(14-17)28-34(31,32)12-11-27-2)21(26)15-19(16)22-23(29)25(33-24(22)30)9-4-3-5-10-25/h6-8,13-15,27-29H,3-5,9-12H2,1-2H3. The normalized spacial score (nSPS) is 17.8. The number of ether oxygens (including phenoxy) is 1. The number of aryl methyl sites for hydroxylation is 1. The average molecular weight is 505 g/mol. The number of anilines is 1. The first kappa shape index (κ1) is 24.6. The first-order valence-corrected chi connectivity index (χ1v) is 13.4. The molecule has 2 aromatic carbocycles. The predicted molar refractivity (Wildman–Crippen MR) is 134 cm³/mol. The molecule has 0 amide bonds. The molecule has 182 valence electrons. The molecule has 1 saturated carbocycles. The van der Waals surface area contributed by atoms with Crippen molar-refractivity contribution < 1.29 is 23.1 Å². The Morgan fingerprint density at radius 3 is 2.56 bits per heavy atom. The Balaban J connectivity index is 1.67. The van der Waals surface area contributed by atoms with Gasteiger partial charge in [0.15, 0.2) is 11.4 Å². The van der Waals surface area contributed by atoms with Gasteiger partial charge < -0.3 is 15.2 Å². The fourth-order valence-electron chi connectivity index (χ4n) is 4.69. The highest BCUT2D eigenvalue weighted by atomic mass is 35.5. The number of carbonyl (C=O) groups is 1. The molecule has 1 aliphatic carbocycles. The quantitative estimate of drug-likeness (QED) is 0.467. The number of esters is 1. The molecular formula is C25H29ClN2O5S. The van der Waals surface area contributed by atoms with Gasteiger partial charge in [-0.05, 0) is 80.6 Å². The number of nitrogens with one attached hydrogen (secondary N) is 2. The number of benzene rings is 2. The Morgan fingerprint density at radius 1 is 1.12 bits per heavy atom. The highest BCUT2D eigenvalue weighted by Gasteiger charge is 2.49. The van der Waals surface area contributed by atoms with Crippen LogP contribution in [0.15, 0.2) is 42.2 Å².